The average molecular weight is 299 g/mol. The molecule has 1 aromatic carbocycles. The number of hydrogen-bond donors (Lipinski definition) is 1. The van der Waals surface area contributed by atoms with E-state index in [1.165, 1.54) is 12.1 Å². The first-order valence-electron chi connectivity index (χ1n) is 6.52. The van der Waals surface area contributed by atoms with Gasteiger partial charge in [-0.15, -0.1) is 0 Å². The van der Waals surface area contributed by atoms with Crippen molar-refractivity contribution in [2.24, 2.45) is 5.73 Å². The molecule has 0 saturated carbocycles. The lowest BCUT2D eigenvalue weighted by atomic mass is 9.88. The Morgan fingerprint density at radius 1 is 1.29 bits per heavy atom. The van der Waals surface area contributed by atoms with E-state index < -0.39 is 17.2 Å². The fourth-order valence-corrected chi connectivity index (χ4v) is 1.80. The van der Waals surface area contributed by atoms with Crippen LogP contribution in [0.2, 0.25) is 0 Å². The van der Waals surface area contributed by atoms with E-state index in [2.05, 4.69) is 10.1 Å². The predicted octanol–water partition coefficient (Wildman–Crippen LogP) is 3.38. The van der Waals surface area contributed by atoms with Gasteiger partial charge in [0, 0.05) is 12.1 Å². The van der Waals surface area contributed by atoms with Crippen LogP contribution in [0.4, 0.5) is 13.2 Å². The molecule has 0 fully saturated rings. The molecule has 7 heteroatoms. The zero-order valence-corrected chi connectivity index (χ0v) is 11.7. The van der Waals surface area contributed by atoms with Crippen LogP contribution >= 0.6 is 0 Å². The second-order valence-electron chi connectivity index (χ2n) is 5.12. The second-order valence-corrected chi connectivity index (χ2v) is 5.12. The molecule has 2 N–H and O–H groups in total. The van der Waals surface area contributed by atoms with E-state index in [1.54, 1.807) is 0 Å². The lowest BCUT2D eigenvalue weighted by molar-refractivity contribution is -0.137. The molecular formula is C14H16F3N3O. The van der Waals surface area contributed by atoms with E-state index in [9.17, 15) is 13.2 Å². The van der Waals surface area contributed by atoms with Crippen LogP contribution in [-0.4, -0.2) is 16.7 Å². The molecule has 0 radical (unpaired) electrons. The van der Waals surface area contributed by atoms with E-state index >= 15 is 0 Å². The normalized spacial score (nSPS) is 15.0. The van der Waals surface area contributed by atoms with Crippen LogP contribution in [0, 0.1) is 0 Å². The molecule has 114 valence electrons. The van der Waals surface area contributed by atoms with Crippen molar-refractivity contribution in [1.82, 2.24) is 10.1 Å². The van der Waals surface area contributed by atoms with E-state index in [0.29, 0.717) is 18.9 Å². The minimum Gasteiger partial charge on any atom is -0.338 e. The third-order valence-electron chi connectivity index (χ3n) is 3.62. The molecule has 1 unspecified atom stereocenters. The molecule has 0 bridgehead atoms. The van der Waals surface area contributed by atoms with Gasteiger partial charge in [0.15, 0.2) is 0 Å². The van der Waals surface area contributed by atoms with Crippen molar-refractivity contribution in [3.8, 4) is 11.4 Å². The van der Waals surface area contributed by atoms with Gasteiger partial charge in [0.2, 0.25) is 11.7 Å². The Labute approximate surface area is 120 Å². The summed E-state index contributed by atoms with van der Waals surface area (Å²) in [6, 6.07) is 4.83. The number of benzene rings is 1. The molecular weight excluding hydrogens is 283 g/mol. The third-order valence-corrected chi connectivity index (χ3v) is 3.62. The largest absolute Gasteiger partial charge is 0.416 e. The van der Waals surface area contributed by atoms with Gasteiger partial charge in [-0.2, -0.15) is 18.2 Å². The van der Waals surface area contributed by atoms with Crippen LogP contribution in [0.3, 0.4) is 0 Å². The van der Waals surface area contributed by atoms with Gasteiger partial charge in [-0.3, -0.25) is 0 Å². The standard InChI is InChI=1S/C14H16F3N3O/c1-3-13(2,8-18)12-19-11(20-21-12)9-5-4-6-10(7-9)14(15,16)17/h4-7H,3,8,18H2,1-2H3. The number of hydrogen-bond acceptors (Lipinski definition) is 4. The molecule has 0 aliphatic carbocycles. The summed E-state index contributed by atoms with van der Waals surface area (Å²) in [5.41, 5.74) is 4.74. The zero-order valence-electron chi connectivity index (χ0n) is 11.7. The topological polar surface area (TPSA) is 64.9 Å². The number of aromatic nitrogens is 2. The van der Waals surface area contributed by atoms with Crippen LogP contribution in [0.1, 0.15) is 31.7 Å². The van der Waals surface area contributed by atoms with E-state index in [1.807, 2.05) is 13.8 Å². The molecule has 1 atom stereocenters. The van der Waals surface area contributed by atoms with Crippen molar-refractivity contribution in [3.05, 3.63) is 35.7 Å². The lowest BCUT2D eigenvalue weighted by Gasteiger charge is -2.20. The summed E-state index contributed by atoms with van der Waals surface area (Å²) in [5, 5.41) is 3.76. The molecule has 21 heavy (non-hydrogen) atoms. The maximum absolute atomic E-state index is 12.7. The molecule has 2 rings (SSSR count). The van der Waals surface area contributed by atoms with E-state index in [-0.39, 0.29) is 11.4 Å². The van der Waals surface area contributed by atoms with Crippen LogP contribution in [-0.2, 0) is 11.6 Å². The molecule has 1 heterocycles. The summed E-state index contributed by atoms with van der Waals surface area (Å²) in [4.78, 5) is 4.19. The van der Waals surface area contributed by atoms with Crippen molar-refractivity contribution < 1.29 is 17.7 Å². The van der Waals surface area contributed by atoms with Gasteiger partial charge in [-0.25, -0.2) is 0 Å². The Balaban J connectivity index is 2.39. The summed E-state index contributed by atoms with van der Waals surface area (Å²) in [6.07, 6.45) is -3.72. The summed E-state index contributed by atoms with van der Waals surface area (Å²) < 4.78 is 43.3. The Kier molecular flexibility index (Phi) is 4.04. The van der Waals surface area contributed by atoms with E-state index in [0.717, 1.165) is 12.1 Å². The van der Waals surface area contributed by atoms with E-state index in [4.69, 9.17) is 10.3 Å². The number of nitrogens with zero attached hydrogens (tertiary/aromatic N) is 2. The first-order valence-corrected chi connectivity index (χ1v) is 6.52. The number of halogens is 3. The van der Waals surface area contributed by atoms with Gasteiger partial charge in [0.25, 0.3) is 0 Å². The molecule has 0 spiro atoms. The second kappa shape index (κ2) is 5.48. The number of alkyl halides is 3. The van der Waals surface area contributed by atoms with Crippen molar-refractivity contribution in [2.45, 2.75) is 31.9 Å². The van der Waals surface area contributed by atoms with Gasteiger partial charge in [0.05, 0.1) is 11.0 Å². The maximum Gasteiger partial charge on any atom is 0.416 e. The monoisotopic (exact) mass is 299 g/mol. The highest BCUT2D eigenvalue weighted by Gasteiger charge is 2.32. The van der Waals surface area contributed by atoms with Crippen LogP contribution in [0.5, 0.6) is 0 Å². The highest BCUT2D eigenvalue weighted by molar-refractivity contribution is 5.55. The Morgan fingerprint density at radius 2 is 2.00 bits per heavy atom. The van der Waals surface area contributed by atoms with Gasteiger partial charge < -0.3 is 10.3 Å². The number of nitrogens with two attached hydrogens (primary N) is 1. The van der Waals surface area contributed by atoms with Gasteiger partial charge in [0.1, 0.15) is 0 Å². The van der Waals surface area contributed by atoms with Gasteiger partial charge in [-0.05, 0) is 25.5 Å². The molecule has 0 aliphatic heterocycles. The zero-order chi connectivity index (χ0) is 15.7. The van der Waals surface area contributed by atoms with Crippen molar-refractivity contribution in [2.75, 3.05) is 6.54 Å². The van der Waals surface area contributed by atoms with Crippen molar-refractivity contribution in [3.63, 3.8) is 0 Å². The smallest absolute Gasteiger partial charge is 0.338 e. The Morgan fingerprint density at radius 3 is 2.57 bits per heavy atom. The fourth-order valence-electron chi connectivity index (χ4n) is 1.80. The first kappa shape index (κ1) is 15.5. The van der Waals surface area contributed by atoms with Crippen molar-refractivity contribution >= 4 is 0 Å². The lowest BCUT2D eigenvalue weighted by Crippen LogP contribution is -2.31. The quantitative estimate of drug-likeness (QED) is 0.940. The number of rotatable bonds is 4. The minimum absolute atomic E-state index is 0.129. The predicted molar refractivity (Wildman–Crippen MR) is 71.4 cm³/mol. The molecule has 0 saturated heterocycles. The van der Waals surface area contributed by atoms with Gasteiger partial charge in [-0.1, -0.05) is 24.2 Å². The van der Waals surface area contributed by atoms with Gasteiger partial charge >= 0.3 is 6.18 Å². The Hall–Kier alpha value is -1.89. The SMILES string of the molecule is CCC(C)(CN)c1nc(-c2cccc(C(F)(F)F)c2)no1. The summed E-state index contributed by atoms with van der Waals surface area (Å²) >= 11 is 0. The highest BCUT2D eigenvalue weighted by Crippen LogP contribution is 2.32. The maximum atomic E-state index is 12.7. The molecule has 0 aliphatic rings. The van der Waals surface area contributed by atoms with Crippen molar-refractivity contribution in [1.29, 1.82) is 0 Å². The highest BCUT2D eigenvalue weighted by atomic mass is 19.4. The summed E-state index contributed by atoms with van der Waals surface area (Å²) in [7, 11) is 0. The minimum atomic E-state index is -4.40. The summed E-state index contributed by atoms with van der Waals surface area (Å²) in [6.45, 7) is 4.12. The van der Waals surface area contributed by atoms with Crippen LogP contribution in [0.15, 0.2) is 28.8 Å². The molecule has 1 aromatic heterocycles. The molecule has 4 nitrogen and oxygen atoms in total. The molecule has 2 aromatic rings. The average Bonchev–Trinajstić information content (AvgIpc) is 2.96. The van der Waals surface area contributed by atoms with Crippen LogP contribution in [0.25, 0.3) is 11.4 Å². The molecule has 0 amide bonds. The first-order chi connectivity index (χ1) is 9.80. The summed E-state index contributed by atoms with van der Waals surface area (Å²) in [5.74, 6) is 0.462. The third kappa shape index (κ3) is 3.07. The fraction of sp³-hybridized carbons (Fsp3) is 0.429. The van der Waals surface area contributed by atoms with Crippen LogP contribution < -0.4 is 5.73 Å². The Bertz CT molecular complexity index is 618.